The van der Waals surface area contributed by atoms with Crippen molar-refractivity contribution in [3.05, 3.63) is 60.2 Å². The smallest absolute Gasteiger partial charge is 0.248 e. The average Bonchev–Trinajstić information content (AvgIpc) is 3.56. The quantitative estimate of drug-likeness (QED) is 0.414. The Labute approximate surface area is 221 Å². The Morgan fingerprint density at radius 1 is 1.11 bits per heavy atom. The maximum atomic E-state index is 13.9. The Morgan fingerprint density at radius 3 is 2.57 bits per heavy atom. The lowest BCUT2D eigenvalue weighted by atomic mass is 9.70. The number of rotatable bonds is 10. The number of nitrogens with one attached hydrogen (secondary N) is 2. The monoisotopic (exact) mass is 523 g/mol. The summed E-state index contributed by atoms with van der Waals surface area (Å²) >= 11 is 1.65. The molecule has 1 spiro atoms. The molecule has 5 rings (SSSR count). The molecule has 3 aliphatic heterocycles. The molecule has 0 aliphatic carbocycles. The fourth-order valence-electron chi connectivity index (χ4n) is 6.18. The first-order chi connectivity index (χ1) is 18.0. The van der Waals surface area contributed by atoms with Gasteiger partial charge in [-0.3, -0.25) is 14.4 Å². The van der Waals surface area contributed by atoms with Crippen LogP contribution in [-0.2, 0) is 20.9 Å². The molecule has 2 aromatic carbocycles. The maximum Gasteiger partial charge on any atom is 0.248 e. The zero-order valence-corrected chi connectivity index (χ0v) is 21.7. The molecule has 2 unspecified atom stereocenters. The molecule has 196 valence electrons. The van der Waals surface area contributed by atoms with E-state index in [0.717, 1.165) is 18.4 Å². The second kappa shape index (κ2) is 10.8. The van der Waals surface area contributed by atoms with Crippen molar-refractivity contribution in [3.63, 3.8) is 0 Å². The lowest BCUT2D eigenvalue weighted by Crippen LogP contribution is -2.51. The van der Waals surface area contributed by atoms with Crippen LogP contribution in [-0.4, -0.2) is 64.0 Å². The van der Waals surface area contributed by atoms with Crippen LogP contribution in [0.1, 0.15) is 31.2 Å². The van der Waals surface area contributed by atoms with E-state index in [-0.39, 0.29) is 29.6 Å². The van der Waals surface area contributed by atoms with Gasteiger partial charge in [-0.2, -0.15) is 0 Å². The fourth-order valence-corrected chi connectivity index (χ4v) is 8.40. The Bertz CT molecular complexity index is 1140. The van der Waals surface area contributed by atoms with Crippen LogP contribution in [0.25, 0.3) is 0 Å². The number of methoxy groups -OCH3 is 1. The van der Waals surface area contributed by atoms with Gasteiger partial charge in [0.2, 0.25) is 17.7 Å². The molecule has 3 heterocycles. The molecule has 3 saturated heterocycles. The van der Waals surface area contributed by atoms with E-state index in [1.807, 2.05) is 30.3 Å². The summed E-state index contributed by atoms with van der Waals surface area (Å²) in [6.45, 7) is 0.811. The van der Waals surface area contributed by atoms with Crippen molar-refractivity contribution in [2.24, 2.45) is 11.8 Å². The largest absolute Gasteiger partial charge is 0.497 e. The third kappa shape index (κ3) is 4.70. The van der Waals surface area contributed by atoms with Crippen LogP contribution in [0.3, 0.4) is 0 Å². The number of aliphatic hydroxyl groups excluding tert-OH is 1. The van der Waals surface area contributed by atoms with Gasteiger partial charge in [-0.05, 0) is 55.5 Å². The molecule has 0 radical (unpaired) electrons. The van der Waals surface area contributed by atoms with Gasteiger partial charge in [-0.25, -0.2) is 0 Å². The van der Waals surface area contributed by atoms with E-state index in [1.165, 1.54) is 0 Å². The zero-order chi connectivity index (χ0) is 26.0. The molecule has 3 amide bonds. The number of carbonyl (C=O) groups is 3. The molecule has 5 atom stereocenters. The molecule has 2 aromatic rings. The summed E-state index contributed by atoms with van der Waals surface area (Å²) in [6.07, 6.45) is 2.66. The van der Waals surface area contributed by atoms with Crippen LogP contribution in [0.4, 0.5) is 5.69 Å². The molecule has 9 heteroatoms. The summed E-state index contributed by atoms with van der Waals surface area (Å²) in [6, 6.07) is 16.1. The minimum absolute atomic E-state index is 0.0144. The standard InChI is InChI=1S/C28H33N3O5S/c1-36-20-11-9-19(10-12-20)30-26(34)24-28-14-13-21(37-28)22(23(28)27(35)31(24)15-5-6-16-32)25(33)29-17-18-7-3-2-4-8-18/h2-4,7-12,21-24,32H,5-6,13-17H2,1H3,(H,29,33)(H,30,34)/t21-,22+,23-,24?,28?/m0/s1. The van der Waals surface area contributed by atoms with Crippen molar-refractivity contribution in [1.29, 1.82) is 0 Å². The summed E-state index contributed by atoms with van der Waals surface area (Å²) in [4.78, 5) is 42.8. The molecule has 3 aliphatic rings. The Kier molecular flexibility index (Phi) is 7.44. The molecule has 0 saturated carbocycles. The number of aliphatic hydroxyl groups is 1. The van der Waals surface area contributed by atoms with Gasteiger partial charge in [0.1, 0.15) is 11.8 Å². The van der Waals surface area contributed by atoms with Crippen molar-refractivity contribution in [3.8, 4) is 5.75 Å². The number of likely N-dealkylation sites (tertiary alicyclic amines) is 1. The topological polar surface area (TPSA) is 108 Å². The number of benzene rings is 2. The number of thioether (sulfide) groups is 1. The van der Waals surface area contributed by atoms with E-state index >= 15 is 0 Å². The average molecular weight is 524 g/mol. The van der Waals surface area contributed by atoms with Crippen molar-refractivity contribution < 1.29 is 24.2 Å². The number of unbranched alkanes of at least 4 members (excludes halogenated alkanes) is 1. The first kappa shape index (κ1) is 25.6. The zero-order valence-electron chi connectivity index (χ0n) is 20.9. The predicted octanol–water partition coefficient (Wildman–Crippen LogP) is 2.81. The summed E-state index contributed by atoms with van der Waals surface area (Å²) in [7, 11) is 1.58. The van der Waals surface area contributed by atoms with Crippen LogP contribution >= 0.6 is 11.8 Å². The van der Waals surface area contributed by atoms with Gasteiger partial charge in [-0.1, -0.05) is 30.3 Å². The van der Waals surface area contributed by atoms with E-state index in [1.54, 1.807) is 48.0 Å². The van der Waals surface area contributed by atoms with Crippen molar-refractivity contribution in [1.82, 2.24) is 10.2 Å². The third-order valence-electron chi connectivity index (χ3n) is 7.83. The first-order valence-corrected chi connectivity index (χ1v) is 13.7. The second-order valence-corrected chi connectivity index (χ2v) is 11.5. The molecule has 3 N–H and O–H groups in total. The number of hydrogen-bond donors (Lipinski definition) is 3. The van der Waals surface area contributed by atoms with Crippen LogP contribution in [0.2, 0.25) is 0 Å². The summed E-state index contributed by atoms with van der Waals surface area (Å²) < 4.78 is 4.58. The molecule has 2 bridgehead atoms. The fraction of sp³-hybridized carbons (Fsp3) is 0.464. The highest BCUT2D eigenvalue weighted by Crippen LogP contribution is 2.66. The second-order valence-electron chi connectivity index (χ2n) is 9.94. The number of anilines is 1. The van der Waals surface area contributed by atoms with E-state index in [0.29, 0.717) is 37.4 Å². The maximum absolute atomic E-state index is 13.9. The van der Waals surface area contributed by atoms with Crippen LogP contribution < -0.4 is 15.4 Å². The molecule has 8 nitrogen and oxygen atoms in total. The number of nitrogens with zero attached hydrogens (tertiary/aromatic N) is 1. The first-order valence-electron chi connectivity index (χ1n) is 12.8. The van der Waals surface area contributed by atoms with Gasteiger partial charge in [0.05, 0.1) is 23.7 Å². The third-order valence-corrected chi connectivity index (χ3v) is 9.78. The predicted molar refractivity (Wildman–Crippen MR) is 142 cm³/mol. The number of fused-ring (bicyclic) bond motifs is 1. The lowest BCUT2D eigenvalue weighted by molar-refractivity contribution is -0.139. The summed E-state index contributed by atoms with van der Waals surface area (Å²) in [5.74, 6) is -0.784. The lowest BCUT2D eigenvalue weighted by Gasteiger charge is -2.34. The van der Waals surface area contributed by atoms with Gasteiger partial charge >= 0.3 is 0 Å². The van der Waals surface area contributed by atoms with Crippen LogP contribution in [0.5, 0.6) is 5.75 Å². The van der Waals surface area contributed by atoms with E-state index < -0.39 is 22.6 Å². The van der Waals surface area contributed by atoms with E-state index in [9.17, 15) is 19.5 Å². The molecule has 37 heavy (non-hydrogen) atoms. The molecule has 3 fully saturated rings. The van der Waals surface area contributed by atoms with Gasteiger partial charge in [0.25, 0.3) is 0 Å². The van der Waals surface area contributed by atoms with Gasteiger partial charge in [-0.15, -0.1) is 11.8 Å². The Balaban J connectivity index is 1.39. The molecule has 0 aromatic heterocycles. The summed E-state index contributed by atoms with van der Waals surface area (Å²) in [5, 5.41) is 15.4. The number of ether oxygens (including phenoxy) is 1. The Morgan fingerprint density at radius 2 is 1.86 bits per heavy atom. The molecular formula is C28H33N3O5S. The SMILES string of the molecule is COc1ccc(NC(=O)C2N(CCCCO)C(=O)[C@@H]3[C@H](C(=O)NCc4ccccc4)[C@@H]4CCC23S4)cc1. The van der Waals surface area contributed by atoms with Crippen molar-refractivity contribution >= 4 is 35.2 Å². The number of amides is 3. The van der Waals surface area contributed by atoms with E-state index in [2.05, 4.69) is 10.6 Å². The van der Waals surface area contributed by atoms with Gasteiger partial charge in [0, 0.05) is 30.6 Å². The van der Waals surface area contributed by atoms with Gasteiger partial charge in [0.15, 0.2) is 0 Å². The highest BCUT2D eigenvalue weighted by Gasteiger charge is 2.73. The van der Waals surface area contributed by atoms with E-state index in [4.69, 9.17) is 4.74 Å². The number of carbonyl (C=O) groups excluding carboxylic acids is 3. The normalized spacial score (nSPS) is 27.7. The minimum atomic E-state index is -0.673. The van der Waals surface area contributed by atoms with Gasteiger partial charge < -0.3 is 25.4 Å². The van der Waals surface area contributed by atoms with Crippen molar-refractivity contribution in [2.45, 2.75) is 48.3 Å². The summed E-state index contributed by atoms with van der Waals surface area (Å²) in [5.41, 5.74) is 1.63. The highest BCUT2D eigenvalue weighted by atomic mass is 32.2. The number of hydrogen-bond acceptors (Lipinski definition) is 6. The molecular weight excluding hydrogens is 490 g/mol. The highest BCUT2D eigenvalue weighted by molar-refractivity contribution is 8.02. The van der Waals surface area contributed by atoms with Crippen molar-refractivity contribution in [2.75, 3.05) is 25.6 Å². The van der Waals surface area contributed by atoms with Crippen LogP contribution in [0, 0.1) is 11.8 Å². The minimum Gasteiger partial charge on any atom is -0.497 e. The van der Waals surface area contributed by atoms with Crippen LogP contribution in [0.15, 0.2) is 54.6 Å². The Hall–Kier alpha value is -3.04.